The monoisotopic (exact) mass is 260 g/mol. The Morgan fingerprint density at radius 2 is 2.26 bits per heavy atom. The number of carbonyl (C=O) groups is 1. The van der Waals surface area contributed by atoms with E-state index in [1.54, 1.807) is 11.8 Å². The van der Waals surface area contributed by atoms with E-state index in [1.165, 1.54) is 18.3 Å². The maximum absolute atomic E-state index is 12.1. The number of aromatic amines is 1. The predicted octanol–water partition coefficient (Wildman–Crippen LogP) is 0.306. The maximum atomic E-state index is 12.1. The number of H-pyrrole nitrogens is 1. The zero-order chi connectivity index (χ0) is 13.4. The number of rotatable bonds is 2. The zero-order valence-corrected chi connectivity index (χ0v) is 10.3. The molecular weight excluding hydrogens is 248 g/mol. The lowest BCUT2D eigenvalue weighted by Crippen LogP contribution is -2.48. The molecule has 2 aromatic heterocycles. The first kappa shape index (κ1) is 11.6. The average molecular weight is 260 g/mol. The van der Waals surface area contributed by atoms with Gasteiger partial charge in [0.25, 0.3) is 5.91 Å². The first-order chi connectivity index (χ1) is 9.13. The van der Waals surface area contributed by atoms with Gasteiger partial charge in [-0.05, 0) is 13.0 Å². The summed E-state index contributed by atoms with van der Waals surface area (Å²) in [6.45, 7) is 2.87. The molecular formula is C12H12N4O3. The van der Waals surface area contributed by atoms with Gasteiger partial charge in [0.1, 0.15) is 0 Å². The van der Waals surface area contributed by atoms with Gasteiger partial charge in [-0.1, -0.05) is 5.16 Å². The SMILES string of the molecule is Cc1noc(C2CN(C(=O)c3ccc(=O)[nH]c3)C2)n1. The van der Waals surface area contributed by atoms with Crippen LogP contribution < -0.4 is 5.56 Å². The first-order valence-corrected chi connectivity index (χ1v) is 5.92. The van der Waals surface area contributed by atoms with Crippen molar-refractivity contribution in [3.63, 3.8) is 0 Å². The van der Waals surface area contributed by atoms with Gasteiger partial charge in [-0.2, -0.15) is 4.98 Å². The maximum Gasteiger partial charge on any atom is 0.255 e. The van der Waals surface area contributed by atoms with Crippen LogP contribution in [0.25, 0.3) is 0 Å². The van der Waals surface area contributed by atoms with Crippen LogP contribution in [0.2, 0.25) is 0 Å². The molecule has 0 aliphatic carbocycles. The molecule has 7 nitrogen and oxygen atoms in total. The van der Waals surface area contributed by atoms with Crippen molar-refractivity contribution < 1.29 is 9.32 Å². The van der Waals surface area contributed by atoms with Gasteiger partial charge < -0.3 is 14.4 Å². The van der Waals surface area contributed by atoms with Gasteiger partial charge in [-0.15, -0.1) is 0 Å². The fourth-order valence-corrected chi connectivity index (χ4v) is 2.01. The Labute approximate surface area is 108 Å². The summed E-state index contributed by atoms with van der Waals surface area (Å²) in [5, 5.41) is 3.73. The highest BCUT2D eigenvalue weighted by Gasteiger charge is 2.35. The average Bonchev–Trinajstić information content (AvgIpc) is 2.74. The number of nitrogens with one attached hydrogen (secondary N) is 1. The normalized spacial score (nSPS) is 15.3. The van der Waals surface area contributed by atoms with E-state index in [2.05, 4.69) is 15.1 Å². The topological polar surface area (TPSA) is 92.1 Å². The molecule has 1 N–H and O–H groups in total. The van der Waals surface area contributed by atoms with Gasteiger partial charge in [-0.3, -0.25) is 9.59 Å². The fourth-order valence-electron chi connectivity index (χ4n) is 2.01. The predicted molar refractivity (Wildman–Crippen MR) is 64.7 cm³/mol. The third kappa shape index (κ3) is 2.14. The van der Waals surface area contributed by atoms with E-state index in [0.29, 0.717) is 30.4 Å². The van der Waals surface area contributed by atoms with Gasteiger partial charge >= 0.3 is 0 Å². The molecule has 2 aromatic rings. The molecule has 7 heteroatoms. The molecule has 1 amide bonds. The summed E-state index contributed by atoms with van der Waals surface area (Å²) in [7, 11) is 0. The molecule has 0 radical (unpaired) electrons. The summed E-state index contributed by atoms with van der Waals surface area (Å²) >= 11 is 0. The van der Waals surface area contributed by atoms with Crippen LogP contribution >= 0.6 is 0 Å². The number of hydrogen-bond acceptors (Lipinski definition) is 5. The lowest BCUT2D eigenvalue weighted by molar-refractivity contribution is 0.0568. The minimum Gasteiger partial charge on any atom is -0.339 e. The van der Waals surface area contributed by atoms with Crippen LogP contribution in [0.15, 0.2) is 27.6 Å². The molecule has 1 aliphatic rings. The van der Waals surface area contributed by atoms with E-state index in [9.17, 15) is 9.59 Å². The van der Waals surface area contributed by atoms with Crippen LogP contribution in [0.4, 0.5) is 0 Å². The minimum atomic E-state index is -0.223. The third-order valence-corrected chi connectivity index (χ3v) is 3.09. The Hall–Kier alpha value is -2.44. The second-order valence-corrected chi connectivity index (χ2v) is 4.53. The summed E-state index contributed by atoms with van der Waals surface area (Å²) in [5.41, 5.74) is 0.249. The number of likely N-dealkylation sites (tertiary alicyclic amines) is 1. The molecule has 0 saturated carbocycles. The smallest absolute Gasteiger partial charge is 0.255 e. The second kappa shape index (κ2) is 4.34. The van der Waals surface area contributed by atoms with Gasteiger partial charge in [-0.25, -0.2) is 0 Å². The van der Waals surface area contributed by atoms with Crippen molar-refractivity contribution in [1.82, 2.24) is 20.0 Å². The highest BCUT2D eigenvalue weighted by Crippen LogP contribution is 2.26. The van der Waals surface area contributed by atoms with Crippen LogP contribution in [-0.2, 0) is 0 Å². The summed E-state index contributed by atoms with van der Waals surface area (Å²) in [4.78, 5) is 31.3. The van der Waals surface area contributed by atoms with E-state index >= 15 is 0 Å². The van der Waals surface area contributed by atoms with E-state index in [-0.39, 0.29) is 17.4 Å². The van der Waals surface area contributed by atoms with Crippen molar-refractivity contribution in [3.8, 4) is 0 Å². The van der Waals surface area contributed by atoms with Gasteiger partial charge in [0.15, 0.2) is 5.82 Å². The molecule has 1 fully saturated rings. The Kier molecular flexibility index (Phi) is 2.66. The van der Waals surface area contributed by atoms with Crippen molar-refractivity contribution in [2.75, 3.05) is 13.1 Å². The van der Waals surface area contributed by atoms with Crippen LogP contribution in [-0.4, -0.2) is 39.0 Å². The molecule has 3 heterocycles. The number of nitrogens with zero attached hydrogens (tertiary/aromatic N) is 3. The number of amides is 1. The lowest BCUT2D eigenvalue weighted by atomic mass is 9.99. The summed E-state index contributed by atoms with van der Waals surface area (Å²) in [6, 6.07) is 2.86. The summed E-state index contributed by atoms with van der Waals surface area (Å²) in [5.74, 6) is 1.17. The minimum absolute atomic E-state index is 0.105. The van der Waals surface area contributed by atoms with E-state index < -0.39 is 0 Å². The van der Waals surface area contributed by atoms with Crippen molar-refractivity contribution in [1.29, 1.82) is 0 Å². The number of aromatic nitrogens is 3. The highest BCUT2D eigenvalue weighted by atomic mass is 16.5. The van der Waals surface area contributed by atoms with Gasteiger partial charge in [0.05, 0.1) is 11.5 Å². The Bertz CT molecular complexity index is 649. The van der Waals surface area contributed by atoms with Crippen LogP contribution in [0.5, 0.6) is 0 Å². The molecule has 0 aromatic carbocycles. The standard InChI is InChI=1S/C12H12N4O3/c1-7-14-11(19-15-7)9-5-16(6-9)12(18)8-2-3-10(17)13-4-8/h2-4,9H,5-6H2,1H3,(H,13,17). The summed E-state index contributed by atoms with van der Waals surface area (Å²) in [6.07, 6.45) is 1.43. The molecule has 98 valence electrons. The van der Waals surface area contributed by atoms with E-state index in [4.69, 9.17) is 4.52 Å². The first-order valence-electron chi connectivity index (χ1n) is 5.92. The molecule has 1 aliphatic heterocycles. The molecule has 0 atom stereocenters. The Morgan fingerprint density at radius 1 is 1.47 bits per heavy atom. The quantitative estimate of drug-likeness (QED) is 0.838. The van der Waals surface area contributed by atoms with Crippen LogP contribution in [0.1, 0.15) is 28.0 Å². The third-order valence-electron chi connectivity index (χ3n) is 3.09. The second-order valence-electron chi connectivity index (χ2n) is 4.53. The van der Waals surface area contributed by atoms with E-state index in [1.807, 2.05) is 0 Å². The largest absolute Gasteiger partial charge is 0.339 e. The van der Waals surface area contributed by atoms with Crippen LogP contribution in [0.3, 0.4) is 0 Å². The Morgan fingerprint density at radius 3 is 2.84 bits per heavy atom. The van der Waals surface area contributed by atoms with Crippen molar-refractivity contribution in [3.05, 3.63) is 46.0 Å². The number of carbonyl (C=O) groups excluding carboxylic acids is 1. The lowest BCUT2D eigenvalue weighted by Gasteiger charge is -2.37. The molecule has 1 saturated heterocycles. The number of aryl methyl sites for hydroxylation is 1. The van der Waals surface area contributed by atoms with Crippen LogP contribution in [0, 0.1) is 6.92 Å². The fraction of sp³-hybridized carbons (Fsp3) is 0.333. The van der Waals surface area contributed by atoms with E-state index in [0.717, 1.165) is 0 Å². The van der Waals surface area contributed by atoms with Crippen molar-refractivity contribution >= 4 is 5.91 Å². The summed E-state index contributed by atoms with van der Waals surface area (Å²) < 4.78 is 5.07. The van der Waals surface area contributed by atoms with Crippen molar-refractivity contribution in [2.45, 2.75) is 12.8 Å². The zero-order valence-electron chi connectivity index (χ0n) is 10.3. The molecule has 0 unspecified atom stereocenters. The number of hydrogen-bond donors (Lipinski definition) is 1. The van der Waals surface area contributed by atoms with Crippen molar-refractivity contribution in [2.24, 2.45) is 0 Å². The Balaban J connectivity index is 1.65. The molecule has 19 heavy (non-hydrogen) atoms. The highest BCUT2D eigenvalue weighted by molar-refractivity contribution is 5.94. The van der Waals surface area contributed by atoms with Gasteiger partial charge in [0, 0.05) is 25.4 Å². The number of pyridine rings is 1. The molecule has 0 spiro atoms. The molecule has 0 bridgehead atoms. The molecule has 3 rings (SSSR count). The van der Waals surface area contributed by atoms with Gasteiger partial charge in [0.2, 0.25) is 11.4 Å².